The summed E-state index contributed by atoms with van der Waals surface area (Å²) in [5, 5.41) is 4.04. The molecule has 7 nitrogen and oxygen atoms in total. The van der Waals surface area contributed by atoms with E-state index in [0.29, 0.717) is 24.6 Å². The first-order valence-electron chi connectivity index (χ1n) is 7.84. The molecular formula is C17H21N3O4. The van der Waals surface area contributed by atoms with E-state index in [0.717, 1.165) is 16.9 Å². The smallest absolute Gasteiger partial charge is 0.256 e. The number of carbonyl (C=O) groups is 1. The van der Waals surface area contributed by atoms with E-state index in [1.165, 1.54) is 4.90 Å². The Labute approximate surface area is 140 Å². The number of rotatable bonds is 4. The van der Waals surface area contributed by atoms with Crippen molar-refractivity contribution in [3.05, 3.63) is 29.7 Å². The molecule has 0 saturated carbocycles. The predicted molar refractivity (Wildman–Crippen MR) is 86.6 cm³/mol. The van der Waals surface area contributed by atoms with Crippen molar-refractivity contribution in [1.82, 2.24) is 15.0 Å². The van der Waals surface area contributed by atoms with Gasteiger partial charge in [0, 0.05) is 19.7 Å². The number of likely N-dealkylation sites (N-methyl/N-ethyl adjacent to an activating group) is 1. The molecule has 0 aliphatic carbocycles. The molecule has 0 spiro atoms. The van der Waals surface area contributed by atoms with Gasteiger partial charge >= 0.3 is 0 Å². The van der Waals surface area contributed by atoms with E-state index in [4.69, 9.17) is 14.0 Å². The average Bonchev–Trinajstić information content (AvgIpc) is 3.22. The van der Waals surface area contributed by atoms with E-state index in [-0.39, 0.29) is 12.0 Å². The first-order valence-corrected chi connectivity index (χ1v) is 7.84. The van der Waals surface area contributed by atoms with Gasteiger partial charge in [-0.1, -0.05) is 5.16 Å². The maximum atomic E-state index is 12.0. The van der Waals surface area contributed by atoms with Gasteiger partial charge in [-0.3, -0.25) is 4.79 Å². The minimum absolute atomic E-state index is 0.0411. The predicted octanol–water partition coefficient (Wildman–Crippen LogP) is 2.36. The molecule has 7 heteroatoms. The van der Waals surface area contributed by atoms with Gasteiger partial charge in [-0.05, 0) is 43.5 Å². The molecular weight excluding hydrogens is 310 g/mol. The molecule has 1 aliphatic rings. The first-order chi connectivity index (χ1) is 11.5. The van der Waals surface area contributed by atoms with Crippen LogP contribution in [0.2, 0.25) is 0 Å². The van der Waals surface area contributed by atoms with Crippen molar-refractivity contribution in [2.24, 2.45) is 0 Å². The number of ether oxygens (including phenoxy) is 2. The Morgan fingerprint density at radius 2 is 2.08 bits per heavy atom. The van der Waals surface area contributed by atoms with Crippen molar-refractivity contribution >= 4 is 5.91 Å². The normalized spacial score (nSPS) is 20.2. The van der Waals surface area contributed by atoms with Crippen LogP contribution in [-0.2, 0) is 9.53 Å². The van der Waals surface area contributed by atoms with Crippen LogP contribution in [0.4, 0.5) is 0 Å². The highest BCUT2D eigenvalue weighted by atomic mass is 16.5. The van der Waals surface area contributed by atoms with Gasteiger partial charge in [0.1, 0.15) is 18.0 Å². The number of nitrogens with zero attached hydrogens (tertiary/aromatic N) is 3. The fourth-order valence-electron chi connectivity index (χ4n) is 2.77. The quantitative estimate of drug-likeness (QED) is 0.856. The Balaban J connectivity index is 1.77. The second-order valence-corrected chi connectivity index (χ2v) is 6.12. The van der Waals surface area contributed by atoms with Crippen LogP contribution in [0.15, 0.2) is 22.7 Å². The summed E-state index contributed by atoms with van der Waals surface area (Å²) >= 11 is 0. The molecule has 0 bridgehead atoms. The van der Waals surface area contributed by atoms with Gasteiger partial charge in [0.2, 0.25) is 5.82 Å². The third-order valence-corrected chi connectivity index (χ3v) is 4.00. The Bertz CT molecular complexity index is 741. The largest absolute Gasteiger partial charge is 0.497 e. The summed E-state index contributed by atoms with van der Waals surface area (Å²) in [6.07, 6.45) is 0.548. The lowest BCUT2D eigenvalue weighted by molar-refractivity contribution is -0.140. The molecule has 1 amide bonds. The van der Waals surface area contributed by atoms with E-state index in [2.05, 4.69) is 10.1 Å². The van der Waals surface area contributed by atoms with E-state index in [9.17, 15) is 4.79 Å². The lowest BCUT2D eigenvalue weighted by Crippen LogP contribution is -2.33. The molecule has 1 aromatic carbocycles. The number of hydrogen-bond acceptors (Lipinski definition) is 6. The molecule has 1 fully saturated rings. The molecule has 1 aromatic heterocycles. The summed E-state index contributed by atoms with van der Waals surface area (Å²) < 4.78 is 16.4. The van der Waals surface area contributed by atoms with Gasteiger partial charge in [-0.15, -0.1) is 0 Å². The molecule has 0 N–H and O–H groups in total. The van der Waals surface area contributed by atoms with Gasteiger partial charge in [0.05, 0.1) is 7.11 Å². The zero-order chi connectivity index (χ0) is 17.3. The van der Waals surface area contributed by atoms with Crippen LogP contribution < -0.4 is 4.74 Å². The van der Waals surface area contributed by atoms with Crippen molar-refractivity contribution in [3.63, 3.8) is 0 Å². The van der Waals surface area contributed by atoms with E-state index in [1.807, 2.05) is 25.1 Å². The molecule has 3 rings (SSSR count). The standard InChI is InChI=1S/C17H21N3O4/c1-10-7-11(9-12(8-10)22-4)15-18-16(24-19-15)13-5-6-14(23-13)17(21)20(2)3/h7-9,13-14H,5-6H2,1-4H3/t13-,14+/m0/s1. The monoisotopic (exact) mass is 331 g/mol. The number of aryl methyl sites for hydroxylation is 1. The zero-order valence-corrected chi connectivity index (χ0v) is 14.3. The number of hydrogen-bond donors (Lipinski definition) is 0. The van der Waals surface area contributed by atoms with Crippen LogP contribution in [0.1, 0.15) is 30.4 Å². The van der Waals surface area contributed by atoms with Crippen molar-refractivity contribution in [1.29, 1.82) is 0 Å². The minimum atomic E-state index is -0.445. The van der Waals surface area contributed by atoms with Gasteiger partial charge in [-0.25, -0.2) is 0 Å². The van der Waals surface area contributed by atoms with Gasteiger partial charge in [-0.2, -0.15) is 4.98 Å². The molecule has 0 unspecified atom stereocenters. The second-order valence-electron chi connectivity index (χ2n) is 6.12. The molecule has 2 atom stereocenters. The molecule has 2 heterocycles. The summed E-state index contributed by atoms with van der Waals surface area (Å²) in [7, 11) is 5.05. The number of methoxy groups -OCH3 is 1. The average molecular weight is 331 g/mol. The van der Waals surface area contributed by atoms with E-state index >= 15 is 0 Å². The highest BCUT2D eigenvalue weighted by molar-refractivity contribution is 5.80. The summed E-state index contributed by atoms with van der Waals surface area (Å²) in [5.41, 5.74) is 1.87. The Kier molecular flexibility index (Phi) is 4.53. The van der Waals surface area contributed by atoms with Gasteiger partial charge in [0.25, 0.3) is 11.8 Å². The molecule has 1 saturated heterocycles. The SMILES string of the molecule is COc1cc(C)cc(-c2noc([C@@H]3CC[C@H](C(=O)N(C)C)O3)n2)c1. The highest BCUT2D eigenvalue weighted by Crippen LogP contribution is 2.33. The third kappa shape index (κ3) is 3.26. The van der Waals surface area contributed by atoms with Crippen LogP contribution in [0, 0.1) is 6.92 Å². The number of carbonyl (C=O) groups excluding carboxylic acids is 1. The molecule has 0 radical (unpaired) electrons. The molecule has 1 aliphatic heterocycles. The Morgan fingerprint density at radius 3 is 2.79 bits per heavy atom. The van der Waals surface area contributed by atoms with Crippen LogP contribution in [-0.4, -0.2) is 48.3 Å². The molecule has 24 heavy (non-hydrogen) atoms. The van der Waals surface area contributed by atoms with Crippen LogP contribution >= 0.6 is 0 Å². The second kappa shape index (κ2) is 6.60. The first kappa shape index (κ1) is 16.4. The highest BCUT2D eigenvalue weighted by Gasteiger charge is 2.35. The summed E-state index contributed by atoms with van der Waals surface area (Å²) in [4.78, 5) is 17.9. The minimum Gasteiger partial charge on any atom is -0.497 e. The van der Waals surface area contributed by atoms with E-state index in [1.54, 1.807) is 21.2 Å². The summed E-state index contributed by atoms with van der Waals surface area (Å²) in [6.45, 7) is 1.98. The number of amides is 1. The number of aromatic nitrogens is 2. The van der Waals surface area contributed by atoms with Crippen LogP contribution in [0.3, 0.4) is 0 Å². The van der Waals surface area contributed by atoms with E-state index < -0.39 is 6.10 Å². The van der Waals surface area contributed by atoms with Crippen LogP contribution in [0.5, 0.6) is 5.75 Å². The lowest BCUT2D eigenvalue weighted by atomic mass is 10.1. The van der Waals surface area contributed by atoms with Crippen molar-refractivity contribution in [2.45, 2.75) is 32.0 Å². The van der Waals surface area contributed by atoms with Gasteiger partial charge < -0.3 is 18.9 Å². The van der Waals surface area contributed by atoms with Crippen molar-refractivity contribution < 1.29 is 18.8 Å². The fourth-order valence-corrected chi connectivity index (χ4v) is 2.77. The van der Waals surface area contributed by atoms with Crippen molar-refractivity contribution in [2.75, 3.05) is 21.2 Å². The maximum absolute atomic E-state index is 12.0. The zero-order valence-electron chi connectivity index (χ0n) is 14.3. The summed E-state index contributed by atoms with van der Waals surface area (Å²) in [6, 6.07) is 5.75. The van der Waals surface area contributed by atoms with Crippen LogP contribution in [0.25, 0.3) is 11.4 Å². The number of benzene rings is 1. The Hall–Kier alpha value is -2.41. The van der Waals surface area contributed by atoms with Gasteiger partial charge in [0.15, 0.2) is 0 Å². The molecule has 128 valence electrons. The molecule has 2 aromatic rings. The fraction of sp³-hybridized carbons (Fsp3) is 0.471. The summed E-state index contributed by atoms with van der Waals surface area (Å²) in [5.74, 6) is 1.59. The lowest BCUT2D eigenvalue weighted by Gasteiger charge is -2.15. The topological polar surface area (TPSA) is 77.7 Å². The maximum Gasteiger partial charge on any atom is 0.256 e. The Morgan fingerprint density at radius 1 is 1.29 bits per heavy atom. The third-order valence-electron chi connectivity index (χ3n) is 4.00. The van der Waals surface area contributed by atoms with Crippen molar-refractivity contribution in [3.8, 4) is 17.1 Å².